The Balaban J connectivity index is 2.05. The van der Waals surface area contributed by atoms with Gasteiger partial charge >= 0.3 is 0 Å². The van der Waals surface area contributed by atoms with Crippen molar-refractivity contribution < 1.29 is 4.79 Å². The molecule has 2 aromatic carbocycles. The monoisotopic (exact) mass is 302 g/mol. The molecule has 23 heavy (non-hydrogen) atoms. The topological polar surface area (TPSA) is 52.9 Å². The number of ketones is 1. The van der Waals surface area contributed by atoms with Crippen molar-refractivity contribution in [3.63, 3.8) is 0 Å². The van der Waals surface area contributed by atoms with E-state index in [4.69, 9.17) is 0 Å². The number of benzene rings is 2. The normalized spacial score (nSPS) is 17.0. The molecule has 0 saturated heterocycles. The van der Waals surface area contributed by atoms with Crippen LogP contribution in [0.5, 0.6) is 0 Å². The highest BCUT2D eigenvalue weighted by Crippen LogP contribution is 2.29. The van der Waals surface area contributed by atoms with Crippen molar-refractivity contribution >= 4 is 11.5 Å². The molecule has 3 rings (SSSR count). The van der Waals surface area contributed by atoms with Crippen LogP contribution in [0.1, 0.15) is 40.9 Å². The van der Waals surface area contributed by atoms with E-state index in [0.29, 0.717) is 11.1 Å². The van der Waals surface area contributed by atoms with Gasteiger partial charge in [0.2, 0.25) is 0 Å². The molecule has 1 aliphatic rings. The minimum Gasteiger partial charge on any atom is -0.379 e. The summed E-state index contributed by atoms with van der Waals surface area (Å²) in [5, 5.41) is 12.6. The minimum absolute atomic E-state index is 0.116. The van der Waals surface area contributed by atoms with E-state index >= 15 is 0 Å². The average Bonchev–Trinajstić information content (AvgIpc) is 2.53. The maximum atomic E-state index is 12.6. The fourth-order valence-electron chi connectivity index (χ4n) is 3.01. The van der Waals surface area contributed by atoms with Crippen molar-refractivity contribution in [1.82, 2.24) is 5.32 Å². The molecular formula is C20H18N2O. The number of carbonyl (C=O) groups excluding carboxylic acids is 1. The van der Waals surface area contributed by atoms with Crippen molar-refractivity contribution in [2.45, 2.75) is 25.8 Å². The Hall–Kier alpha value is -2.86. The molecular weight excluding hydrogens is 284 g/mol. The molecule has 0 spiro atoms. The molecule has 0 unspecified atom stereocenters. The molecule has 0 bridgehead atoms. The predicted molar refractivity (Wildman–Crippen MR) is 90.8 cm³/mol. The lowest BCUT2D eigenvalue weighted by molar-refractivity contribution is 0.104. The fourth-order valence-corrected chi connectivity index (χ4v) is 3.01. The maximum absolute atomic E-state index is 12.6. The Kier molecular flexibility index (Phi) is 3.75. The van der Waals surface area contributed by atoms with Gasteiger partial charge in [0, 0.05) is 28.4 Å². The molecule has 0 aliphatic carbocycles. The Morgan fingerprint density at radius 1 is 1.17 bits per heavy atom. The third-order valence-electron chi connectivity index (χ3n) is 4.00. The molecule has 0 fully saturated rings. The molecule has 1 heterocycles. The first-order valence-corrected chi connectivity index (χ1v) is 7.62. The average molecular weight is 302 g/mol. The molecule has 0 atom stereocenters. The molecule has 0 radical (unpaired) electrons. The van der Waals surface area contributed by atoms with Gasteiger partial charge in [-0.3, -0.25) is 4.79 Å². The van der Waals surface area contributed by atoms with Crippen LogP contribution in [0.15, 0.2) is 54.6 Å². The lowest BCUT2D eigenvalue weighted by atomic mass is 9.85. The van der Waals surface area contributed by atoms with Gasteiger partial charge in [0.15, 0.2) is 5.78 Å². The summed E-state index contributed by atoms with van der Waals surface area (Å²) < 4.78 is 0. The molecule has 1 N–H and O–H groups in total. The number of carbonyl (C=O) groups is 1. The van der Waals surface area contributed by atoms with Crippen LogP contribution in [0.3, 0.4) is 0 Å². The van der Waals surface area contributed by atoms with Gasteiger partial charge in [0.1, 0.15) is 0 Å². The van der Waals surface area contributed by atoms with Crippen LogP contribution in [0, 0.1) is 11.3 Å². The fraction of sp³-hybridized carbons (Fsp3) is 0.200. The van der Waals surface area contributed by atoms with E-state index in [9.17, 15) is 10.1 Å². The van der Waals surface area contributed by atoms with Gasteiger partial charge in [0.05, 0.1) is 11.6 Å². The number of nitrogens with zero attached hydrogens (tertiary/aromatic N) is 1. The second kappa shape index (κ2) is 5.73. The standard InChI is InChI=1S/C20H18N2O/c1-20(2)12-14-7-3-5-9-16(14)18(22-20)11-19(23)17-10-6-4-8-15(17)13-21/h3-11,22H,12H2,1-2H3/b18-11-. The van der Waals surface area contributed by atoms with Gasteiger partial charge < -0.3 is 5.32 Å². The minimum atomic E-state index is -0.155. The van der Waals surface area contributed by atoms with Gasteiger partial charge in [-0.05, 0) is 38.0 Å². The summed E-state index contributed by atoms with van der Waals surface area (Å²) in [5.74, 6) is -0.155. The second-order valence-corrected chi connectivity index (χ2v) is 6.42. The van der Waals surface area contributed by atoms with Crippen LogP contribution >= 0.6 is 0 Å². The maximum Gasteiger partial charge on any atom is 0.189 e. The van der Waals surface area contributed by atoms with Crippen molar-refractivity contribution in [2.24, 2.45) is 0 Å². The smallest absolute Gasteiger partial charge is 0.189 e. The quantitative estimate of drug-likeness (QED) is 0.679. The zero-order chi connectivity index (χ0) is 16.4. The summed E-state index contributed by atoms with van der Waals surface area (Å²) >= 11 is 0. The van der Waals surface area contributed by atoms with E-state index in [-0.39, 0.29) is 11.3 Å². The van der Waals surface area contributed by atoms with Gasteiger partial charge in [-0.2, -0.15) is 5.26 Å². The third kappa shape index (κ3) is 3.02. The first-order valence-electron chi connectivity index (χ1n) is 7.62. The van der Waals surface area contributed by atoms with Crippen LogP contribution in [0.2, 0.25) is 0 Å². The molecule has 3 nitrogen and oxygen atoms in total. The largest absolute Gasteiger partial charge is 0.379 e. The number of fused-ring (bicyclic) bond motifs is 1. The van der Waals surface area contributed by atoms with E-state index in [1.807, 2.05) is 18.2 Å². The second-order valence-electron chi connectivity index (χ2n) is 6.42. The highest BCUT2D eigenvalue weighted by atomic mass is 16.1. The molecule has 114 valence electrons. The van der Waals surface area contributed by atoms with Gasteiger partial charge in [-0.1, -0.05) is 36.4 Å². The summed E-state index contributed by atoms with van der Waals surface area (Å²) in [5.41, 5.74) is 3.81. The molecule has 1 aliphatic heterocycles. The van der Waals surface area contributed by atoms with Crippen LogP contribution in [-0.4, -0.2) is 11.3 Å². The zero-order valence-electron chi connectivity index (χ0n) is 13.3. The summed E-state index contributed by atoms with van der Waals surface area (Å²) in [4.78, 5) is 12.6. The zero-order valence-corrected chi connectivity index (χ0v) is 13.3. The van der Waals surface area contributed by atoms with Gasteiger partial charge in [0.25, 0.3) is 0 Å². The van der Waals surface area contributed by atoms with Crippen LogP contribution in [0.4, 0.5) is 0 Å². The number of nitrogens with one attached hydrogen (secondary N) is 1. The van der Waals surface area contributed by atoms with Crippen LogP contribution in [0.25, 0.3) is 5.70 Å². The first-order chi connectivity index (χ1) is 11.0. The number of hydrogen-bond acceptors (Lipinski definition) is 3. The lowest BCUT2D eigenvalue weighted by Crippen LogP contribution is -2.43. The molecule has 0 saturated carbocycles. The highest BCUT2D eigenvalue weighted by molar-refractivity contribution is 6.10. The number of hydrogen-bond donors (Lipinski definition) is 1. The summed E-state index contributed by atoms with van der Waals surface area (Å²) in [6, 6.07) is 17.1. The predicted octanol–water partition coefficient (Wildman–Crippen LogP) is 3.71. The molecule has 0 amide bonds. The first kappa shape index (κ1) is 15.1. The molecule has 3 heteroatoms. The van der Waals surface area contributed by atoms with E-state index in [0.717, 1.165) is 17.7 Å². The number of rotatable bonds is 2. The Labute approximate surface area is 136 Å². The number of allylic oxidation sites excluding steroid dienone is 1. The Morgan fingerprint density at radius 2 is 1.87 bits per heavy atom. The van der Waals surface area contributed by atoms with E-state index < -0.39 is 0 Å². The SMILES string of the molecule is CC1(C)Cc2ccccc2/C(=C/C(=O)c2ccccc2C#N)N1. The van der Waals surface area contributed by atoms with Crippen molar-refractivity contribution in [3.8, 4) is 6.07 Å². The Morgan fingerprint density at radius 3 is 2.65 bits per heavy atom. The summed E-state index contributed by atoms with van der Waals surface area (Å²) in [7, 11) is 0. The van der Waals surface area contributed by atoms with Crippen LogP contribution < -0.4 is 5.32 Å². The molecule has 2 aromatic rings. The highest BCUT2D eigenvalue weighted by Gasteiger charge is 2.27. The summed E-state index contributed by atoms with van der Waals surface area (Å²) in [6.45, 7) is 4.23. The Bertz CT molecular complexity index is 841. The van der Waals surface area contributed by atoms with E-state index in [1.165, 1.54) is 5.56 Å². The van der Waals surface area contributed by atoms with Gasteiger partial charge in [-0.25, -0.2) is 0 Å². The van der Waals surface area contributed by atoms with E-state index in [1.54, 1.807) is 30.3 Å². The summed E-state index contributed by atoms with van der Waals surface area (Å²) in [6.07, 6.45) is 2.51. The van der Waals surface area contributed by atoms with Crippen molar-refractivity contribution in [3.05, 3.63) is 76.9 Å². The molecule has 0 aromatic heterocycles. The van der Waals surface area contributed by atoms with E-state index in [2.05, 4.69) is 31.3 Å². The lowest BCUT2D eigenvalue weighted by Gasteiger charge is -2.35. The van der Waals surface area contributed by atoms with Crippen LogP contribution in [-0.2, 0) is 6.42 Å². The third-order valence-corrected chi connectivity index (χ3v) is 4.00. The number of nitriles is 1. The van der Waals surface area contributed by atoms with Crippen molar-refractivity contribution in [2.75, 3.05) is 0 Å². The van der Waals surface area contributed by atoms with Crippen molar-refractivity contribution in [1.29, 1.82) is 5.26 Å². The van der Waals surface area contributed by atoms with Gasteiger partial charge in [-0.15, -0.1) is 0 Å².